The van der Waals surface area contributed by atoms with E-state index in [2.05, 4.69) is 0 Å². The van der Waals surface area contributed by atoms with Gasteiger partial charge in [0.15, 0.2) is 18.1 Å². The van der Waals surface area contributed by atoms with Gasteiger partial charge >= 0.3 is 0 Å². The van der Waals surface area contributed by atoms with Gasteiger partial charge in [-0.05, 0) is 57.2 Å². The van der Waals surface area contributed by atoms with Crippen LogP contribution in [0.25, 0.3) is 0 Å². The van der Waals surface area contributed by atoms with Crippen LogP contribution in [-0.4, -0.2) is 98.1 Å². The third kappa shape index (κ3) is 6.45. The molecule has 3 aliphatic heterocycles. The van der Waals surface area contributed by atoms with Crippen LogP contribution in [0.4, 0.5) is 0 Å². The molecule has 0 atom stereocenters. The molecular formula is C26H37N3O6. The molecule has 0 saturated carbocycles. The molecule has 192 valence electrons. The molecule has 0 aromatic heterocycles. The Kier molecular flexibility index (Phi) is 8.84. The topological polar surface area (TPSA) is 88.6 Å². The molecule has 3 amide bonds. The first-order valence-corrected chi connectivity index (χ1v) is 12.9. The van der Waals surface area contributed by atoms with Gasteiger partial charge in [-0.3, -0.25) is 14.4 Å². The molecule has 1 aromatic carbocycles. The molecule has 9 nitrogen and oxygen atoms in total. The Morgan fingerprint density at radius 3 is 2.26 bits per heavy atom. The Bertz CT molecular complexity index is 887. The van der Waals surface area contributed by atoms with Crippen molar-refractivity contribution in [1.29, 1.82) is 0 Å². The van der Waals surface area contributed by atoms with E-state index < -0.39 is 0 Å². The van der Waals surface area contributed by atoms with Crippen molar-refractivity contribution in [3.63, 3.8) is 0 Å². The minimum atomic E-state index is -0.0841. The molecule has 4 rings (SSSR count). The second-order valence-electron chi connectivity index (χ2n) is 9.33. The van der Waals surface area contributed by atoms with Crippen molar-refractivity contribution in [2.45, 2.75) is 39.0 Å². The molecule has 3 saturated heterocycles. The molecule has 0 aliphatic carbocycles. The Balaban J connectivity index is 1.33. The fourth-order valence-corrected chi connectivity index (χ4v) is 4.96. The van der Waals surface area contributed by atoms with E-state index in [1.54, 1.807) is 23.1 Å². The van der Waals surface area contributed by atoms with Gasteiger partial charge in [-0.2, -0.15) is 0 Å². The van der Waals surface area contributed by atoms with Gasteiger partial charge < -0.3 is 28.9 Å². The van der Waals surface area contributed by atoms with Crippen LogP contribution in [0.2, 0.25) is 0 Å². The summed E-state index contributed by atoms with van der Waals surface area (Å²) < 4.78 is 16.9. The molecule has 1 aromatic rings. The number of likely N-dealkylation sites (tertiary alicyclic amines) is 2. The van der Waals surface area contributed by atoms with Gasteiger partial charge in [0.05, 0.1) is 19.8 Å². The monoisotopic (exact) mass is 487 g/mol. The number of benzene rings is 1. The van der Waals surface area contributed by atoms with E-state index in [1.165, 1.54) is 0 Å². The third-order valence-corrected chi connectivity index (χ3v) is 7.00. The van der Waals surface area contributed by atoms with Crippen molar-refractivity contribution in [2.75, 3.05) is 65.7 Å². The number of morpholine rings is 1. The van der Waals surface area contributed by atoms with Crippen molar-refractivity contribution in [1.82, 2.24) is 14.7 Å². The zero-order valence-corrected chi connectivity index (χ0v) is 20.7. The molecule has 9 heteroatoms. The highest BCUT2D eigenvalue weighted by Crippen LogP contribution is 2.30. The number of amides is 3. The first-order chi connectivity index (χ1) is 17.1. The Hall–Kier alpha value is -2.81. The molecule has 0 radical (unpaired) electrons. The van der Waals surface area contributed by atoms with Crippen LogP contribution < -0.4 is 9.47 Å². The number of piperidine rings is 2. The number of carbonyl (C=O) groups is 3. The summed E-state index contributed by atoms with van der Waals surface area (Å²) >= 11 is 0. The summed E-state index contributed by atoms with van der Waals surface area (Å²) in [6.07, 6.45) is 4.56. The van der Waals surface area contributed by atoms with Crippen LogP contribution in [0.1, 0.15) is 49.4 Å². The first-order valence-electron chi connectivity index (χ1n) is 12.9. The molecule has 0 unspecified atom stereocenters. The number of ether oxygens (including phenoxy) is 3. The Morgan fingerprint density at radius 2 is 1.57 bits per heavy atom. The van der Waals surface area contributed by atoms with E-state index in [9.17, 15) is 14.4 Å². The smallest absolute Gasteiger partial charge is 0.260 e. The standard InChI is InChI=1S/C26H37N3O6/c1-2-34-23-18-21(6-7-22(23)35-19-24(30)27-10-4-3-5-11-27)26(32)28-12-8-20(9-13-28)25(31)29-14-16-33-17-15-29/h6-7,18,20H,2-5,8-17,19H2,1H3. The quantitative estimate of drug-likeness (QED) is 0.586. The van der Waals surface area contributed by atoms with Crippen molar-refractivity contribution in [3.05, 3.63) is 23.8 Å². The average Bonchev–Trinajstić information content (AvgIpc) is 2.92. The number of carbonyl (C=O) groups excluding carboxylic acids is 3. The largest absolute Gasteiger partial charge is 0.490 e. The lowest BCUT2D eigenvalue weighted by molar-refractivity contribution is -0.141. The van der Waals surface area contributed by atoms with E-state index in [4.69, 9.17) is 14.2 Å². The fourth-order valence-electron chi connectivity index (χ4n) is 4.96. The van der Waals surface area contributed by atoms with Crippen LogP contribution in [0.15, 0.2) is 18.2 Å². The predicted octanol–water partition coefficient (Wildman–Crippen LogP) is 2.19. The minimum Gasteiger partial charge on any atom is -0.490 e. The Labute approximate surface area is 207 Å². The van der Waals surface area contributed by atoms with Gasteiger partial charge in [0.1, 0.15) is 0 Å². The second-order valence-corrected chi connectivity index (χ2v) is 9.33. The van der Waals surface area contributed by atoms with Gasteiger partial charge in [-0.1, -0.05) is 0 Å². The van der Waals surface area contributed by atoms with Crippen LogP contribution >= 0.6 is 0 Å². The van der Waals surface area contributed by atoms with Crippen molar-refractivity contribution in [3.8, 4) is 11.5 Å². The summed E-state index contributed by atoms with van der Waals surface area (Å²) in [5, 5.41) is 0. The highest BCUT2D eigenvalue weighted by atomic mass is 16.5. The molecule has 3 aliphatic rings. The average molecular weight is 488 g/mol. The summed E-state index contributed by atoms with van der Waals surface area (Å²) in [6.45, 7) is 7.39. The molecule has 3 fully saturated rings. The number of nitrogens with zero attached hydrogens (tertiary/aromatic N) is 3. The van der Waals surface area contributed by atoms with Crippen LogP contribution in [0.3, 0.4) is 0 Å². The van der Waals surface area contributed by atoms with Crippen LogP contribution in [0.5, 0.6) is 11.5 Å². The Morgan fingerprint density at radius 1 is 0.857 bits per heavy atom. The normalized spacial score (nSPS) is 19.4. The summed E-state index contributed by atoms with van der Waals surface area (Å²) in [6, 6.07) is 5.12. The van der Waals surface area contributed by atoms with Crippen molar-refractivity contribution in [2.24, 2.45) is 5.92 Å². The van der Waals surface area contributed by atoms with Gasteiger partial charge in [-0.15, -0.1) is 0 Å². The number of hydrogen-bond donors (Lipinski definition) is 0. The maximum atomic E-state index is 13.2. The van der Waals surface area contributed by atoms with E-state index >= 15 is 0 Å². The zero-order chi connectivity index (χ0) is 24.6. The lowest BCUT2D eigenvalue weighted by Crippen LogP contribution is -2.47. The van der Waals surface area contributed by atoms with Gasteiger partial charge in [0.2, 0.25) is 5.91 Å². The molecule has 0 bridgehead atoms. The molecule has 35 heavy (non-hydrogen) atoms. The maximum Gasteiger partial charge on any atom is 0.260 e. The molecule has 3 heterocycles. The molecule has 0 spiro atoms. The molecular weight excluding hydrogens is 450 g/mol. The van der Waals surface area contributed by atoms with Crippen LogP contribution in [0, 0.1) is 5.92 Å². The molecule has 0 N–H and O–H groups in total. The van der Waals surface area contributed by atoms with Gasteiger partial charge in [-0.25, -0.2) is 0 Å². The lowest BCUT2D eigenvalue weighted by atomic mass is 9.94. The zero-order valence-electron chi connectivity index (χ0n) is 20.7. The van der Waals surface area contributed by atoms with E-state index in [0.717, 1.165) is 32.4 Å². The summed E-state index contributed by atoms with van der Waals surface area (Å²) in [5.74, 6) is 0.954. The summed E-state index contributed by atoms with van der Waals surface area (Å²) in [4.78, 5) is 43.9. The maximum absolute atomic E-state index is 13.2. The fraction of sp³-hybridized carbons (Fsp3) is 0.654. The van der Waals surface area contributed by atoms with Gasteiger partial charge in [0, 0.05) is 50.7 Å². The van der Waals surface area contributed by atoms with E-state index in [-0.39, 0.29) is 30.2 Å². The SMILES string of the molecule is CCOc1cc(C(=O)N2CCC(C(=O)N3CCOCC3)CC2)ccc1OCC(=O)N1CCCCC1. The van der Waals surface area contributed by atoms with Crippen LogP contribution in [-0.2, 0) is 14.3 Å². The van der Waals surface area contributed by atoms with Gasteiger partial charge in [0.25, 0.3) is 11.8 Å². The number of hydrogen-bond acceptors (Lipinski definition) is 6. The van der Waals surface area contributed by atoms with E-state index in [0.29, 0.717) is 75.9 Å². The van der Waals surface area contributed by atoms with Crippen molar-refractivity contribution < 1.29 is 28.6 Å². The van der Waals surface area contributed by atoms with Crippen molar-refractivity contribution >= 4 is 17.7 Å². The highest BCUT2D eigenvalue weighted by Gasteiger charge is 2.31. The lowest BCUT2D eigenvalue weighted by Gasteiger charge is -2.35. The van der Waals surface area contributed by atoms with E-state index in [1.807, 2.05) is 16.7 Å². The third-order valence-electron chi connectivity index (χ3n) is 7.00. The first kappa shape index (κ1) is 25.3. The predicted molar refractivity (Wildman–Crippen MR) is 130 cm³/mol. The minimum absolute atomic E-state index is 0.0261. The second kappa shape index (κ2) is 12.2. The summed E-state index contributed by atoms with van der Waals surface area (Å²) in [5.41, 5.74) is 0.515. The summed E-state index contributed by atoms with van der Waals surface area (Å²) in [7, 11) is 0. The highest BCUT2D eigenvalue weighted by molar-refractivity contribution is 5.95. The number of rotatable bonds is 7.